The van der Waals surface area contributed by atoms with Gasteiger partial charge in [0.1, 0.15) is 5.75 Å². The van der Waals surface area contributed by atoms with Crippen LogP contribution in [0, 0.1) is 5.41 Å². The Bertz CT molecular complexity index is 894. The van der Waals surface area contributed by atoms with E-state index in [2.05, 4.69) is 22.8 Å². The Morgan fingerprint density at radius 2 is 1.77 bits per heavy atom. The lowest BCUT2D eigenvalue weighted by molar-refractivity contribution is -0.178. The van der Waals surface area contributed by atoms with Crippen LogP contribution in [0.25, 0.3) is 0 Å². The zero-order valence-electron chi connectivity index (χ0n) is 17.4. The molecule has 6 heteroatoms. The van der Waals surface area contributed by atoms with Gasteiger partial charge in [-0.2, -0.15) is 0 Å². The second-order valence-electron chi connectivity index (χ2n) is 8.11. The Labute approximate surface area is 177 Å². The smallest absolute Gasteiger partial charge is 0.319 e. The topological polar surface area (TPSA) is 70.7 Å². The fraction of sp³-hybridized carbons (Fsp3) is 0.417. The van der Waals surface area contributed by atoms with Gasteiger partial charge in [0.05, 0.1) is 24.3 Å². The van der Waals surface area contributed by atoms with Crippen LogP contribution in [0.15, 0.2) is 54.6 Å². The van der Waals surface area contributed by atoms with E-state index in [1.165, 1.54) is 12.0 Å². The predicted molar refractivity (Wildman–Crippen MR) is 116 cm³/mol. The van der Waals surface area contributed by atoms with Gasteiger partial charge in [0.2, 0.25) is 5.91 Å². The van der Waals surface area contributed by atoms with Gasteiger partial charge in [-0.05, 0) is 30.5 Å². The molecule has 2 aromatic rings. The number of methoxy groups -OCH3 is 1. The van der Waals surface area contributed by atoms with Crippen LogP contribution in [-0.4, -0.2) is 37.0 Å². The molecule has 1 atom stereocenters. The first-order valence-corrected chi connectivity index (χ1v) is 10.7. The average molecular weight is 408 g/mol. The molecule has 0 radical (unpaired) electrons. The first-order valence-electron chi connectivity index (χ1n) is 10.7. The van der Waals surface area contributed by atoms with Crippen LogP contribution >= 0.6 is 0 Å². The highest BCUT2D eigenvalue weighted by Gasteiger charge is 2.60. The third-order valence-electron chi connectivity index (χ3n) is 6.38. The van der Waals surface area contributed by atoms with Crippen molar-refractivity contribution in [2.24, 2.45) is 5.41 Å². The number of nitrogens with one attached hydrogen (secondary N) is 2. The number of nitrogens with zero attached hydrogens (tertiary/aromatic N) is 1. The molecular formula is C24H29N3O3. The molecule has 1 aliphatic heterocycles. The van der Waals surface area contributed by atoms with Crippen molar-refractivity contribution in [2.45, 2.75) is 38.1 Å². The quantitative estimate of drug-likeness (QED) is 0.700. The second-order valence-corrected chi connectivity index (χ2v) is 8.11. The SMILES string of the molecule is COc1ccccc1NC(=O)NCCN1C(=O)C2(CCCCC2)C1c1ccccc1. The fourth-order valence-electron chi connectivity index (χ4n) is 4.99. The van der Waals surface area contributed by atoms with Crippen LogP contribution < -0.4 is 15.4 Å². The summed E-state index contributed by atoms with van der Waals surface area (Å²) < 4.78 is 5.26. The summed E-state index contributed by atoms with van der Waals surface area (Å²) in [7, 11) is 1.57. The number of carbonyl (C=O) groups is 2. The summed E-state index contributed by atoms with van der Waals surface area (Å²) in [6, 6.07) is 17.4. The van der Waals surface area contributed by atoms with Crippen molar-refractivity contribution in [3.05, 3.63) is 60.2 Å². The fourth-order valence-corrected chi connectivity index (χ4v) is 4.99. The molecule has 158 valence electrons. The molecule has 2 aromatic carbocycles. The molecule has 1 aliphatic carbocycles. The van der Waals surface area contributed by atoms with Crippen molar-refractivity contribution in [3.63, 3.8) is 0 Å². The van der Waals surface area contributed by atoms with Gasteiger partial charge in [-0.25, -0.2) is 4.79 Å². The maximum Gasteiger partial charge on any atom is 0.319 e. The molecular weight excluding hydrogens is 378 g/mol. The van der Waals surface area contributed by atoms with Gasteiger partial charge < -0.3 is 20.3 Å². The Morgan fingerprint density at radius 1 is 1.07 bits per heavy atom. The summed E-state index contributed by atoms with van der Waals surface area (Å²) in [5, 5.41) is 5.67. The van der Waals surface area contributed by atoms with Crippen molar-refractivity contribution < 1.29 is 14.3 Å². The Morgan fingerprint density at radius 3 is 2.50 bits per heavy atom. The maximum absolute atomic E-state index is 13.2. The first-order chi connectivity index (χ1) is 14.7. The Balaban J connectivity index is 1.38. The summed E-state index contributed by atoms with van der Waals surface area (Å²) in [4.78, 5) is 27.4. The highest BCUT2D eigenvalue weighted by Crippen LogP contribution is 2.57. The number of urea groups is 1. The molecule has 2 aliphatic rings. The van der Waals surface area contributed by atoms with Crippen molar-refractivity contribution in [2.75, 3.05) is 25.5 Å². The van der Waals surface area contributed by atoms with Crippen molar-refractivity contribution >= 4 is 17.6 Å². The van der Waals surface area contributed by atoms with E-state index >= 15 is 0 Å². The minimum atomic E-state index is -0.309. The van der Waals surface area contributed by atoms with Gasteiger partial charge in [0, 0.05) is 13.1 Å². The molecule has 0 aromatic heterocycles. The number of likely N-dealkylation sites (tertiary alicyclic amines) is 1. The van der Waals surface area contributed by atoms with Gasteiger partial charge in [-0.3, -0.25) is 4.79 Å². The van der Waals surface area contributed by atoms with Crippen LogP contribution in [0.2, 0.25) is 0 Å². The molecule has 1 unspecified atom stereocenters. The molecule has 0 bridgehead atoms. The third-order valence-corrected chi connectivity index (χ3v) is 6.38. The number of hydrogen-bond donors (Lipinski definition) is 2. The van der Waals surface area contributed by atoms with Crippen LogP contribution in [0.4, 0.5) is 10.5 Å². The predicted octanol–water partition coefficient (Wildman–Crippen LogP) is 4.35. The number of benzene rings is 2. The summed E-state index contributed by atoms with van der Waals surface area (Å²) >= 11 is 0. The zero-order chi connectivity index (χ0) is 21.0. The first kappa shape index (κ1) is 20.3. The van der Waals surface area contributed by atoms with Crippen LogP contribution in [0.1, 0.15) is 43.7 Å². The molecule has 1 saturated heterocycles. The largest absolute Gasteiger partial charge is 0.495 e. The van der Waals surface area contributed by atoms with Crippen LogP contribution in [0.3, 0.4) is 0 Å². The van der Waals surface area contributed by atoms with Gasteiger partial charge in [0.25, 0.3) is 0 Å². The van der Waals surface area contributed by atoms with E-state index in [-0.39, 0.29) is 23.4 Å². The van der Waals surface area contributed by atoms with E-state index in [4.69, 9.17) is 4.74 Å². The molecule has 3 amide bonds. The summed E-state index contributed by atoms with van der Waals surface area (Å²) in [5.74, 6) is 0.844. The standard InChI is InChI=1S/C24H29N3O3/c1-30-20-13-7-6-12-19(20)26-23(29)25-16-17-27-21(18-10-4-2-5-11-18)24(22(27)28)14-8-3-9-15-24/h2,4-7,10-13,21H,3,8-9,14-17H2,1H3,(H2,25,26,29). The number of para-hydroxylation sites is 2. The molecule has 6 nitrogen and oxygen atoms in total. The van der Waals surface area contributed by atoms with Crippen LogP contribution in [0.5, 0.6) is 5.75 Å². The number of anilines is 1. The second kappa shape index (κ2) is 8.78. The van der Waals surface area contributed by atoms with E-state index in [1.807, 2.05) is 35.2 Å². The van der Waals surface area contributed by atoms with Crippen LogP contribution in [-0.2, 0) is 4.79 Å². The van der Waals surface area contributed by atoms with Gasteiger partial charge >= 0.3 is 6.03 Å². The maximum atomic E-state index is 13.2. The molecule has 1 heterocycles. The van der Waals surface area contributed by atoms with E-state index in [1.54, 1.807) is 19.2 Å². The summed E-state index contributed by atoms with van der Waals surface area (Å²) in [6.07, 6.45) is 5.36. The Hall–Kier alpha value is -3.02. The van der Waals surface area contributed by atoms with Crippen molar-refractivity contribution in [3.8, 4) is 5.75 Å². The lowest BCUT2D eigenvalue weighted by Crippen LogP contribution is -2.64. The van der Waals surface area contributed by atoms with E-state index in [9.17, 15) is 9.59 Å². The molecule has 1 spiro atoms. The number of amides is 3. The number of β-lactam (4-membered cyclic amide) rings is 1. The van der Waals surface area contributed by atoms with Gasteiger partial charge in [0.15, 0.2) is 0 Å². The molecule has 2 fully saturated rings. The normalized spacial score (nSPS) is 19.8. The lowest BCUT2D eigenvalue weighted by Gasteiger charge is -2.58. The Kier molecular flexibility index (Phi) is 5.93. The minimum absolute atomic E-state index is 0.102. The number of rotatable bonds is 6. The summed E-state index contributed by atoms with van der Waals surface area (Å²) in [5.41, 5.74) is 1.55. The van der Waals surface area contributed by atoms with E-state index in [0.717, 1.165) is 25.7 Å². The lowest BCUT2D eigenvalue weighted by atomic mass is 9.60. The van der Waals surface area contributed by atoms with Crippen molar-refractivity contribution in [1.82, 2.24) is 10.2 Å². The van der Waals surface area contributed by atoms with Crippen molar-refractivity contribution in [1.29, 1.82) is 0 Å². The molecule has 1 saturated carbocycles. The van der Waals surface area contributed by atoms with E-state index in [0.29, 0.717) is 24.5 Å². The zero-order valence-corrected chi connectivity index (χ0v) is 17.4. The molecule has 2 N–H and O–H groups in total. The average Bonchev–Trinajstić information content (AvgIpc) is 2.79. The highest BCUT2D eigenvalue weighted by atomic mass is 16.5. The number of ether oxygens (including phenoxy) is 1. The van der Waals surface area contributed by atoms with E-state index < -0.39 is 0 Å². The summed E-state index contributed by atoms with van der Waals surface area (Å²) in [6.45, 7) is 0.894. The minimum Gasteiger partial charge on any atom is -0.495 e. The number of carbonyl (C=O) groups excluding carboxylic acids is 2. The van der Waals surface area contributed by atoms with Gasteiger partial charge in [-0.1, -0.05) is 61.7 Å². The third kappa shape index (κ3) is 3.74. The molecule has 4 rings (SSSR count). The monoisotopic (exact) mass is 407 g/mol. The molecule has 30 heavy (non-hydrogen) atoms. The van der Waals surface area contributed by atoms with Gasteiger partial charge in [-0.15, -0.1) is 0 Å². The number of hydrogen-bond acceptors (Lipinski definition) is 3. The highest BCUT2D eigenvalue weighted by molar-refractivity contribution is 5.92.